The molecule has 0 saturated heterocycles. The summed E-state index contributed by atoms with van der Waals surface area (Å²) in [5.74, 6) is 0.893. The molecule has 4 nitrogen and oxygen atoms in total. The van der Waals surface area contributed by atoms with Gasteiger partial charge in [0.05, 0.1) is 0 Å². The van der Waals surface area contributed by atoms with E-state index in [1.165, 1.54) is 0 Å². The molecule has 0 aliphatic carbocycles. The summed E-state index contributed by atoms with van der Waals surface area (Å²) >= 11 is 0. The van der Waals surface area contributed by atoms with Crippen LogP contribution in [-0.2, 0) is 7.05 Å². The maximum atomic E-state index is 4.18. The van der Waals surface area contributed by atoms with E-state index >= 15 is 0 Å². The molecular formula is C14H20N4. The number of anilines is 1. The van der Waals surface area contributed by atoms with Crippen molar-refractivity contribution in [2.24, 2.45) is 7.05 Å². The minimum absolute atomic E-state index is 0.499. The number of nitrogens with one attached hydrogen (secondary N) is 1. The quantitative estimate of drug-likeness (QED) is 0.879. The van der Waals surface area contributed by atoms with Crippen molar-refractivity contribution >= 4 is 5.69 Å². The van der Waals surface area contributed by atoms with Gasteiger partial charge in [-0.15, -0.1) is 10.2 Å². The van der Waals surface area contributed by atoms with Crippen molar-refractivity contribution in [3.8, 4) is 11.4 Å². The lowest BCUT2D eigenvalue weighted by molar-refractivity contribution is 0.672. The Kier molecular flexibility index (Phi) is 3.97. The van der Waals surface area contributed by atoms with Gasteiger partial charge in [-0.1, -0.05) is 26.0 Å². The lowest BCUT2D eigenvalue weighted by atomic mass is 10.1. The van der Waals surface area contributed by atoms with Crippen LogP contribution in [0.5, 0.6) is 0 Å². The van der Waals surface area contributed by atoms with Crippen LogP contribution in [0.4, 0.5) is 5.69 Å². The van der Waals surface area contributed by atoms with Crippen LogP contribution in [-0.4, -0.2) is 20.8 Å². The van der Waals surface area contributed by atoms with Crippen LogP contribution in [0, 0.1) is 0 Å². The molecule has 18 heavy (non-hydrogen) atoms. The Morgan fingerprint density at radius 3 is 2.56 bits per heavy atom. The number of nitrogens with zero attached hydrogens (tertiary/aromatic N) is 3. The molecule has 0 aliphatic rings. The van der Waals surface area contributed by atoms with E-state index in [0.29, 0.717) is 6.04 Å². The number of hydrogen-bond acceptors (Lipinski definition) is 3. The van der Waals surface area contributed by atoms with Gasteiger partial charge in [-0.05, 0) is 25.0 Å². The van der Waals surface area contributed by atoms with E-state index in [1.54, 1.807) is 6.33 Å². The Morgan fingerprint density at radius 1 is 1.22 bits per heavy atom. The normalized spacial score (nSPS) is 10.9. The van der Waals surface area contributed by atoms with Crippen molar-refractivity contribution in [1.82, 2.24) is 14.8 Å². The molecule has 1 N–H and O–H groups in total. The molecule has 0 saturated carbocycles. The number of rotatable bonds is 5. The molecule has 1 aromatic heterocycles. The zero-order valence-electron chi connectivity index (χ0n) is 11.2. The molecule has 0 unspecified atom stereocenters. The molecule has 0 atom stereocenters. The van der Waals surface area contributed by atoms with Gasteiger partial charge < -0.3 is 9.88 Å². The summed E-state index contributed by atoms with van der Waals surface area (Å²) in [5, 5.41) is 11.7. The Labute approximate surface area is 108 Å². The van der Waals surface area contributed by atoms with Gasteiger partial charge in [-0.2, -0.15) is 0 Å². The molecule has 1 heterocycles. The van der Waals surface area contributed by atoms with Crippen LogP contribution in [0.3, 0.4) is 0 Å². The van der Waals surface area contributed by atoms with E-state index in [2.05, 4.69) is 41.5 Å². The average Bonchev–Trinajstić information content (AvgIpc) is 2.82. The SMILES string of the molecule is CCC(CC)Nc1ccccc1-c1nncn1C. The fourth-order valence-electron chi connectivity index (χ4n) is 2.04. The first-order chi connectivity index (χ1) is 8.76. The van der Waals surface area contributed by atoms with Crippen molar-refractivity contribution in [2.45, 2.75) is 32.7 Å². The van der Waals surface area contributed by atoms with Gasteiger partial charge in [0.2, 0.25) is 0 Å². The van der Waals surface area contributed by atoms with Crippen LogP contribution in [0.25, 0.3) is 11.4 Å². The zero-order chi connectivity index (χ0) is 13.0. The summed E-state index contributed by atoms with van der Waals surface area (Å²) < 4.78 is 1.94. The van der Waals surface area contributed by atoms with Gasteiger partial charge in [-0.25, -0.2) is 0 Å². The number of aromatic nitrogens is 3. The fraction of sp³-hybridized carbons (Fsp3) is 0.429. The van der Waals surface area contributed by atoms with Gasteiger partial charge in [0.1, 0.15) is 6.33 Å². The van der Waals surface area contributed by atoms with Gasteiger partial charge in [0.25, 0.3) is 0 Å². The molecule has 2 aromatic rings. The predicted molar refractivity (Wildman–Crippen MR) is 74.4 cm³/mol. The molecule has 0 aliphatic heterocycles. The summed E-state index contributed by atoms with van der Waals surface area (Å²) in [4.78, 5) is 0. The van der Waals surface area contributed by atoms with Crippen molar-refractivity contribution in [3.05, 3.63) is 30.6 Å². The van der Waals surface area contributed by atoms with Crippen LogP contribution in [0.1, 0.15) is 26.7 Å². The molecule has 0 spiro atoms. The largest absolute Gasteiger partial charge is 0.382 e. The second kappa shape index (κ2) is 5.67. The topological polar surface area (TPSA) is 42.7 Å². The molecule has 4 heteroatoms. The van der Waals surface area contributed by atoms with E-state index in [1.807, 2.05) is 23.7 Å². The monoisotopic (exact) mass is 244 g/mol. The highest BCUT2D eigenvalue weighted by atomic mass is 15.2. The lowest BCUT2D eigenvalue weighted by Crippen LogP contribution is -2.17. The predicted octanol–water partition coefficient (Wildman–Crippen LogP) is 3.08. The van der Waals surface area contributed by atoms with Crippen LogP contribution in [0.15, 0.2) is 30.6 Å². The highest BCUT2D eigenvalue weighted by Gasteiger charge is 2.11. The van der Waals surface area contributed by atoms with Crippen molar-refractivity contribution < 1.29 is 0 Å². The minimum atomic E-state index is 0.499. The fourth-order valence-corrected chi connectivity index (χ4v) is 2.04. The Balaban J connectivity index is 2.34. The van der Waals surface area contributed by atoms with Crippen LogP contribution >= 0.6 is 0 Å². The lowest BCUT2D eigenvalue weighted by Gasteiger charge is -2.18. The standard InChI is InChI=1S/C14H20N4/c1-4-11(5-2)16-13-9-7-6-8-12(13)14-17-15-10-18(14)3/h6-11,16H,4-5H2,1-3H3. The summed E-state index contributed by atoms with van der Waals surface area (Å²) in [6.07, 6.45) is 3.95. The summed E-state index contributed by atoms with van der Waals surface area (Å²) in [6, 6.07) is 8.75. The first-order valence-electron chi connectivity index (χ1n) is 6.46. The second-order valence-corrected chi connectivity index (χ2v) is 4.47. The van der Waals surface area contributed by atoms with Crippen molar-refractivity contribution in [3.63, 3.8) is 0 Å². The highest BCUT2D eigenvalue weighted by molar-refractivity contribution is 5.73. The smallest absolute Gasteiger partial charge is 0.165 e. The zero-order valence-corrected chi connectivity index (χ0v) is 11.2. The summed E-state index contributed by atoms with van der Waals surface area (Å²) in [6.45, 7) is 4.40. The number of aryl methyl sites for hydroxylation is 1. The third-order valence-electron chi connectivity index (χ3n) is 3.22. The first-order valence-corrected chi connectivity index (χ1v) is 6.46. The van der Waals surface area contributed by atoms with E-state index in [9.17, 15) is 0 Å². The van der Waals surface area contributed by atoms with Crippen molar-refractivity contribution in [2.75, 3.05) is 5.32 Å². The molecule has 0 amide bonds. The van der Waals surface area contributed by atoms with E-state index < -0.39 is 0 Å². The van der Waals surface area contributed by atoms with Crippen molar-refractivity contribution in [1.29, 1.82) is 0 Å². The van der Waals surface area contributed by atoms with E-state index in [-0.39, 0.29) is 0 Å². The highest BCUT2D eigenvalue weighted by Crippen LogP contribution is 2.26. The Morgan fingerprint density at radius 2 is 1.94 bits per heavy atom. The minimum Gasteiger partial charge on any atom is -0.382 e. The van der Waals surface area contributed by atoms with Crippen LogP contribution in [0.2, 0.25) is 0 Å². The van der Waals surface area contributed by atoms with E-state index in [4.69, 9.17) is 0 Å². The second-order valence-electron chi connectivity index (χ2n) is 4.47. The average molecular weight is 244 g/mol. The molecule has 0 radical (unpaired) electrons. The number of hydrogen-bond donors (Lipinski definition) is 1. The van der Waals surface area contributed by atoms with Gasteiger partial charge in [0, 0.05) is 24.3 Å². The van der Waals surface area contributed by atoms with Crippen LogP contribution < -0.4 is 5.32 Å². The third kappa shape index (κ3) is 2.53. The Hall–Kier alpha value is -1.84. The molecule has 1 aromatic carbocycles. The van der Waals surface area contributed by atoms with E-state index in [0.717, 1.165) is 29.9 Å². The maximum absolute atomic E-state index is 4.18. The van der Waals surface area contributed by atoms with Gasteiger partial charge >= 0.3 is 0 Å². The molecule has 2 rings (SSSR count). The first kappa shape index (κ1) is 12.6. The maximum Gasteiger partial charge on any atom is 0.165 e. The molecule has 0 fully saturated rings. The molecule has 0 bridgehead atoms. The number of para-hydroxylation sites is 1. The Bertz CT molecular complexity index is 500. The van der Waals surface area contributed by atoms with Gasteiger partial charge in [-0.3, -0.25) is 0 Å². The third-order valence-corrected chi connectivity index (χ3v) is 3.22. The molecule has 96 valence electrons. The summed E-state index contributed by atoms with van der Waals surface area (Å²) in [5.41, 5.74) is 2.23. The van der Waals surface area contributed by atoms with Gasteiger partial charge in [0.15, 0.2) is 5.82 Å². The summed E-state index contributed by atoms with van der Waals surface area (Å²) in [7, 11) is 1.96. The number of benzene rings is 1. The molecular weight excluding hydrogens is 224 g/mol.